The molecule has 0 bridgehead atoms. The highest BCUT2D eigenvalue weighted by Gasteiger charge is 2.20. The summed E-state index contributed by atoms with van der Waals surface area (Å²) >= 11 is 0. The van der Waals surface area contributed by atoms with Crippen molar-refractivity contribution < 1.29 is 17.9 Å². The van der Waals surface area contributed by atoms with E-state index in [1.807, 2.05) is 33.8 Å². The van der Waals surface area contributed by atoms with Gasteiger partial charge in [0.15, 0.2) is 15.8 Å². The quantitative estimate of drug-likeness (QED) is 0.499. The molecule has 1 atom stereocenters. The summed E-state index contributed by atoms with van der Waals surface area (Å²) in [5.41, 5.74) is 1.16. The minimum Gasteiger partial charge on any atom is -0.444 e. The van der Waals surface area contributed by atoms with Crippen LogP contribution in [0, 0.1) is 12.8 Å². The molecular weight excluding hydrogens is 404 g/mol. The van der Waals surface area contributed by atoms with Crippen LogP contribution >= 0.6 is 0 Å². The van der Waals surface area contributed by atoms with Gasteiger partial charge >= 0.3 is 6.09 Å². The number of nitrogens with one attached hydrogen (secondary N) is 2. The van der Waals surface area contributed by atoms with Gasteiger partial charge in [0.1, 0.15) is 5.60 Å². The highest BCUT2D eigenvalue weighted by Crippen LogP contribution is 2.16. The highest BCUT2D eigenvalue weighted by molar-refractivity contribution is 7.90. The Morgan fingerprint density at radius 3 is 2.40 bits per heavy atom. The van der Waals surface area contributed by atoms with Gasteiger partial charge in [-0.1, -0.05) is 19.1 Å². The van der Waals surface area contributed by atoms with Crippen molar-refractivity contribution in [2.75, 3.05) is 33.4 Å². The molecule has 8 nitrogen and oxygen atoms in total. The number of benzene rings is 1. The summed E-state index contributed by atoms with van der Waals surface area (Å²) in [6.45, 7) is 11.0. The van der Waals surface area contributed by atoms with E-state index < -0.39 is 15.4 Å². The van der Waals surface area contributed by atoms with Gasteiger partial charge < -0.3 is 20.3 Å². The van der Waals surface area contributed by atoms with Crippen molar-refractivity contribution in [3.05, 3.63) is 29.3 Å². The van der Waals surface area contributed by atoms with E-state index in [0.717, 1.165) is 11.1 Å². The summed E-state index contributed by atoms with van der Waals surface area (Å²) in [4.78, 5) is 18.2. The molecule has 0 aliphatic rings. The molecule has 30 heavy (non-hydrogen) atoms. The number of sulfone groups is 1. The van der Waals surface area contributed by atoms with E-state index in [-0.39, 0.29) is 12.0 Å². The number of aliphatic imine (C=N–C) groups is 1. The molecule has 0 spiro atoms. The smallest absolute Gasteiger partial charge is 0.410 e. The van der Waals surface area contributed by atoms with Gasteiger partial charge in [-0.15, -0.1) is 0 Å². The third-order valence-electron chi connectivity index (χ3n) is 4.23. The predicted molar refractivity (Wildman–Crippen MR) is 121 cm³/mol. The first-order chi connectivity index (χ1) is 13.7. The normalized spacial score (nSPS) is 13.5. The fourth-order valence-corrected chi connectivity index (χ4v) is 3.82. The summed E-state index contributed by atoms with van der Waals surface area (Å²) in [6, 6.07) is 5.28. The van der Waals surface area contributed by atoms with Crippen LogP contribution in [0.3, 0.4) is 0 Å². The zero-order valence-corrected chi connectivity index (χ0v) is 20.2. The third kappa shape index (κ3) is 9.02. The first kappa shape index (κ1) is 25.7. The minimum atomic E-state index is -3.22. The summed E-state index contributed by atoms with van der Waals surface area (Å²) in [6.07, 6.45) is 0.866. The van der Waals surface area contributed by atoms with Crippen LogP contribution in [0.15, 0.2) is 28.1 Å². The van der Waals surface area contributed by atoms with E-state index >= 15 is 0 Å². The molecule has 0 fully saturated rings. The molecule has 0 heterocycles. The predicted octanol–water partition coefficient (Wildman–Crippen LogP) is 2.57. The van der Waals surface area contributed by atoms with Gasteiger partial charge in [-0.2, -0.15) is 0 Å². The first-order valence-electron chi connectivity index (χ1n) is 9.91. The van der Waals surface area contributed by atoms with E-state index in [9.17, 15) is 13.2 Å². The molecule has 1 amide bonds. The van der Waals surface area contributed by atoms with Crippen LogP contribution in [0.25, 0.3) is 0 Å². The molecule has 0 radical (unpaired) electrons. The van der Waals surface area contributed by atoms with Crippen molar-refractivity contribution in [3.63, 3.8) is 0 Å². The van der Waals surface area contributed by atoms with Crippen LogP contribution in [0.5, 0.6) is 0 Å². The lowest BCUT2D eigenvalue weighted by Gasteiger charge is -2.26. The van der Waals surface area contributed by atoms with Gasteiger partial charge in [0.2, 0.25) is 0 Å². The number of nitrogens with zero attached hydrogens (tertiary/aromatic N) is 2. The molecule has 0 aliphatic carbocycles. The van der Waals surface area contributed by atoms with Gasteiger partial charge in [-0.05, 0) is 50.8 Å². The lowest BCUT2D eigenvalue weighted by Crippen LogP contribution is -2.42. The number of ether oxygens (including phenoxy) is 1. The number of aryl methyl sites for hydroxylation is 1. The number of amides is 1. The number of carbonyl (C=O) groups is 1. The van der Waals surface area contributed by atoms with Gasteiger partial charge in [0, 0.05) is 40.0 Å². The molecule has 0 aliphatic heterocycles. The van der Waals surface area contributed by atoms with Crippen molar-refractivity contribution in [2.24, 2.45) is 10.9 Å². The van der Waals surface area contributed by atoms with Gasteiger partial charge in [-0.3, -0.25) is 4.99 Å². The van der Waals surface area contributed by atoms with Crippen LogP contribution in [-0.4, -0.2) is 64.4 Å². The van der Waals surface area contributed by atoms with Crippen molar-refractivity contribution >= 4 is 21.9 Å². The molecule has 0 saturated heterocycles. The maximum atomic E-state index is 12.1. The lowest BCUT2D eigenvalue weighted by molar-refractivity contribution is 0.0278. The highest BCUT2D eigenvalue weighted by atomic mass is 32.2. The zero-order chi connectivity index (χ0) is 23.1. The fourth-order valence-electron chi connectivity index (χ4n) is 2.86. The second kappa shape index (κ2) is 10.7. The maximum absolute atomic E-state index is 12.1. The fraction of sp³-hybridized carbons (Fsp3) is 0.619. The molecule has 2 N–H and O–H groups in total. The Labute approximate surface area is 181 Å². The third-order valence-corrected chi connectivity index (χ3v) is 5.49. The van der Waals surface area contributed by atoms with Crippen LogP contribution in [0.1, 0.15) is 38.8 Å². The average Bonchev–Trinajstić information content (AvgIpc) is 2.59. The SMILES string of the molecule is CN=C(NCc1ccc(S(C)(=O)=O)c(C)c1)NCC(C)CN(C)C(=O)OC(C)(C)C. The summed E-state index contributed by atoms with van der Waals surface area (Å²) in [7, 11) is 0.184. The Kier molecular flexibility index (Phi) is 9.14. The van der Waals surface area contributed by atoms with E-state index in [0.29, 0.717) is 30.5 Å². The van der Waals surface area contributed by atoms with Crippen molar-refractivity contribution in [3.8, 4) is 0 Å². The molecular formula is C21H36N4O4S. The van der Waals surface area contributed by atoms with E-state index in [4.69, 9.17) is 4.74 Å². The first-order valence-corrected chi connectivity index (χ1v) is 11.8. The van der Waals surface area contributed by atoms with Crippen molar-refractivity contribution in [1.82, 2.24) is 15.5 Å². The van der Waals surface area contributed by atoms with Crippen molar-refractivity contribution in [2.45, 2.75) is 51.7 Å². The Morgan fingerprint density at radius 2 is 1.90 bits per heavy atom. The number of guanidine groups is 1. The monoisotopic (exact) mass is 440 g/mol. The number of rotatable bonds is 7. The Morgan fingerprint density at radius 1 is 1.27 bits per heavy atom. The average molecular weight is 441 g/mol. The molecule has 1 aromatic carbocycles. The zero-order valence-electron chi connectivity index (χ0n) is 19.4. The van der Waals surface area contributed by atoms with Crippen molar-refractivity contribution in [1.29, 1.82) is 0 Å². The number of carbonyl (C=O) groups excluding carboxylic acids is 1. The molecule has 9 heteroatoms. The standard InChI is InChI=1S/C21H36N4O4S/c1-15(14-25(7)20(26)29-21(3,4)5)12-23-19(22-6)24-13-17-9-10-18(16(2)11-17)30(8,27)28/h9-11,15H,12-14H2,1-8H3,(H2,22,23,24). The Bertz CT molecular complexity index is 860. The van der Waals surface area contributed by atoms with Crippen LogP contribution in [-0.2, 0) is 21.1 Å². The van der Waals surface area contributed by atoms with Gasteiger partial charge in [-0.25, -0.2) is 13.2 Å². The van der Waals surface area contributed by atoms with E-state index in [1.54, 1.807) is 38.1 Å². The van der Waals surface area contributed by atoms with E-state index in [2.05, 4.69) is 15.6 Å². The minimum absolute atomic E-state index is 0.178. The molecule has 1 aromatic rings. The summed E-state index contributed by atoms with van der Waals surface area (Å²) in [5.74, 6) is 0.809. The van der Waals surface area contributed by atoms with E-state index in [1.165, 1.54) is 6.26 Å². The van der Waals surface area contributed by atoms with Crippen LogP contribution < -0.4 is 10.6 Å². The molecule has 170 valence electrons. The number of hydrogen-bond acceptors (Lipinski definition) is 5. The number of hydrogen-bond donors (Lipinski definition) is 2. The second-order valence-corrected chi connectivity index (χ2v) is 10.6. The second-order valence-electron chi connectivity index (χ2n) is 8.64. The summed E-state index contributed by atoms with van der Waals surface area (Å²) < 4.78 is 28.8. The molecule has 0 aromatic heterocycles. The lowest BCUT2D eigenvalue weighted by atomic mass is 10.1. The Hall–Kier alpha value is -2.29. The maximum Gasteiger partial charge on any atom is 0.410 e. The molecule has 0 saturated carbocycles. The van der Waals surface area contributed by atoms with Crippen LogP contribution in [0.4, 0.5) is 4.79 Å². The molecule has 1 rings (SSSR count). The van der Waals surface area contributed by atoms with Gasteiger partial charge in [0.05, 0.1) is 4.90 Å². The van der Waals surface area contributed by atoms with Gasteiger partial charge in [0.25, 0.3) is 0 Å². The molecule has 1 unspecified atom stereocenters. The largest absolute Gasteiger partial charge is 0.444 e. The topological polar surface area (TPSA) is 100 Å². The Balaban J connectivity index is 2.54. The summed E-state index contributed by atoms with van der Waals surface area (Å²) in [5, 5.41) is 6.46. The van der Waals surface area contributed by atoms with Crippen LogP contribution in [0.2, 0.25) is 0 Å².